The highest BCUT2D eigenvalue weighted by Gasteiger charge is 2.17. The molecule has 3 heterocycles. The van der Waals surface area contributed by atoms with Gasteiger partial charge in [0.25, 0.3) is 0 Å². The molecule has 0 radical (unpaired) electrons. The third-order valence-corrected chi connectivity index (χ3v) is 6.83. The van der Waals surface area contributed by atoms with E-state index in [1.165, 1.54) is 16.6 Å². The molecule has 6 nitrogen and oxygen atoms in total. The first-order valence-corrected chi connectivity index (χ1v) is 11.9. The number of anilines is 1. The number of thioether (sulfide) groups is 1. The number of hydrogen-bond acceptors (Lipinski definition) is 6. The highest BCUT2D eigenvalue weighted by atomic mass is 79.9. The van der Waals surface area contributed by atoms with Crippen LogP contribution in [0.4, 0.5) is 5.69 Å². The second kappa shape index (κ2) is 9.63. The van der Waals surface area contributed by atoms with Gasteiger partial charge in [-0.2, -0.15) is 0 Å². The molecule has 0 atom stereocenters. The van der Waals surface area contributed by atoms with E-state index in [0.717, 1.165) is 27.3 Å². The zero-order chi connectivity index (χ0) is 20.9. The molecule has 1 N–H and O–H groups in total. The molecule has 1 aromatic carbocycles. The molecular formula is C21H19BrN4O2S2. The van der Waals surface area contributed by atoms with Gasteiger partial charge in [-0.15, -0.1) is 21.5 Å². The summed E-state index contributed by atoms with van der Waals surface area (Å²) in [7, 11) is 0. The molecule has 0 aliphatic heterocycles. The molecule has 0 spiro atoms. The normalized spacial score (nSPS) is 11.0. The fraction of sp³-hybridized carbons (Fsp3) is 0.190. The van der Waals surface area contributed by atoms with Crippen molar-refractivity contribution in [3.05, 3.63) is 80.6 Å². The van der Waals surface area contributed by atoms with Crippen molar-refractivity contribution < 1.29 is 9.21 Å². The van der Waals surface area contributed by atoms with Crippen molar-refractivity contribution in [2.24, 2.45) is 0 Å². The van der Waals surface area contributed by atoms with E-state index in [2.05, 4.69) is 37.5 Å². The van der Waals surface area contributed by atoms with Crippen LogP contribution >= 0.6 is 39.0 Å². The predicted molar refractivity (Wildman–Crippen MR) is 123 cm³/mol. The monoisotopic (exact) mass is 502 g/mol. The molecule has 1 amide bonds. The number of aromatic nitrogens is 3. The van der Waals surface area contributed by atoms with E-state index in [4.69, 9.17) is 4.42 Å². The molecule has 3 aromatic heterocycles. The number of carbonyl (C=O) groups is 1. The van der Waals surface area contributed by atoms with Gasteiger partial charge in [-0.1, -0.05) is 23.9 Å². The lowest BCUT2D eigenvalue weighted by molar-refractivity contribution is -0.113. The molecule has 0 bridgehead atoms. The fourth-order valence-corrected chi connectivity index (χ4v) is 4.93. The lowest BCUT2D eigenvalue weighted by atomic mass is 10.2. The highest BCUT2D eigenvalue weighted by molar-refractivity contribution is 9.10. The van der Waals surface area contributed by atoms with Crippen molar-refractivity contribution in [1.82, 2.24) is 14.8 Å². The number of hydrogen-bond donors (Lipinski definition) is 1. The number of nitrogens with zero attached hydrogens (tertiary/aromatic N) is 3. The minimum atomic E-state index is -0.100. The van der Waals surface area contributed by atoms with Gasteiger partial charge < -0.3 is 9.73 Å². The van der Waals surface area contributed by atoms with Crippen molar-refractivity contribution in [2.45, 2.75) is 25.0 Å². The molecule has 0 aliphatic carbocycles. The summed E-state index contributed by atoms with van der Waals surface area (Å²) in [6.07, 6.45) is 2.34. The summed E-state index contributed by atoms with van der Waals surface area (Å²) in [5.74, 6) is 1.79. The number of nitrogens with one attached hydrogen (secondary N) is 1. The summed E-state index contributed by atoms with van der Waals surface area (Å²) in [6.45, 7) is 2.53. The highest BCUT2D eigenvalue weighted by Crippen LogP contribution is 2.25. The maximum Gasteiger partial charge on any atom is 0.234 e. The van der Waals surface area contributed by atoms with Gasteiger partial charge in [-0.25, -0.2) is 0 Å². The summed E-state index contributed by atoms with van der Waals surface area (Å²) in [5, 5.41) is 14.4. The van der Waals surface area contributed by atoms with Gasteiger partial charge in [0.2, 0.25) is 5.91 Å². The minimum absolute atomic E-state index is 0.100. The van der Waals surface area contributed by atoms with Crippen LogP contribution in [-0.2, 0) is 17.8 Å². The van der Waals surface area contributed by atoms with Gasteiger partial charge in [0.05, 0.1) is 24.2 Å². The number of halogens is 1. The van der Waals surface area contributed by atoms with Crippen LogP contribution in [0.3, 0.4) is 0 Å². The van der Waals surface area contributed by atoms with Crippen LogP contribution in [-0.4, -0.2) is 26.4 Å². The summed E-state index contributed by atoms with van der Waals surface area (Å²) in [4.78, 5) is 13.7. The Hall–Kier alpha value is -2.36. The summed E-state index contributed by atoms with van der Waals surface area (Å²) < 4.78 is 8.39. The van der Waals surface area contributed by atoms with Gasteiger partial charge in [-0.3, -0.25) is 9.36 Å². The lowest BCUT2D eigenvalue weighted by Crippen LogP contribution is -2.15. The topological polar surface area (TPSA) is 73.0 Å². The Bertz CT molecular complexity index is 1120. The van der Waals surface area contributed by atoms with Gasteiger partial charge in [0.15, 0.2) is 5.16 Å². The quantitative estimate of drug-likeness (QED) is 0.327. The second-order valence-electron chi connectivity index (χ2n) is 6.64. The van der Waals surface area contributed by atoms with E-state index in [1.54, 1.807) is 17.6 Å². The molecule has 4 aromatic rings. The fourth-order valence-electron chi connectivity index (χ4n) is 2.88. The van der Waals surface area contributed by atoms with Gasteiger partial charge in [0, 0.05) is 15.8 Å². The minimum Gasteiger partial charge on any atom is -0.467 e. The van der Waals surface area contributed by atoms with E-state index >= 15 is 0 Å². The summed E-state index contributed by atoms with van der Waals surface area (Å²) in [5.41, 5.74) is 1.88. The van der Waals surface area contributed by atoms with Gasteiger partial charge in [-0.05, 0) is 64.1 Å². The second-order valence-corrected chi connectivity index (χ2v) is 9.47. The van der Waals surface area contributed by atoms with Gasteiger partial charge in [0.1, 0.15) is 11.6 Å². The van der Waals surface area contributed by atoms with Crippen LogP contribution in [0.5, 0.6) is 0 Å². The van der Waals surface area contributed by atoms with Crippen LogP contribution in [0.15, 0.2) is 68.2 Å². The first kappa shape index (κ1) is 20.9. The zero-order valence-corrected chi connectivity index (χ0v) is 19.4. The Morgan fingerprint density at radius 3 is 2.90 bits per heavy atom. The number of rotatable bonds is 8. The van der Waals surface area contributed by atoms with Crippen molar-refractivity contribution in [3.8, 4) is 0 Å². The average molecular weight is 503 g/mol. The van der Waals surface area contributed by atoms with Crippen LogP contribution < -0.4 is 5.32 Å². The number of aryl methyl sites for hydroxylation is 1. The Labute approximate surface area is 190 Å². The Balaban J connectivity index is 1.47. The standard InChI is InChI=1S/C21H19BrN4O2S2/c1-14-6-7-18(17(22)10-14)23-20(27)13-30-21-25-24-19(11-16-5-3-9-29-16)26(21)12-15-4-2-8-28-15/h2-10H,11-13H2,1H3,(H,23,27). The number of furan rings is 1. The van der Waals surface area contributed by atoms with Crippen LogP contribution in [0.1, 0.15) is 22.0 Å². The SMILES string of the molecule is Cc1ccc(NC(=O)CSc2nnc(Cc3cccs3)n2Cc2ccco2)c(Br)c1. The van der Waals surface area contributed by atoms with E-state index in [1.807, 2.05) is 53.3 Å². The maximum atomic E-state index is 12.5. The van der Waals surface area contributed by atoms with E-state index in [0.29, 0.717) is 18.1 Å². The van der Waals surface area contributed by atoms with Crippen LogP contribution in [0.2, 0.25) is 0 Å². The molecule has 9 heteroatoms. The number of thiophene rings is 1. The molecule has 0 unspecified atom stereocenters. The molecule has 0 fully saturated rings. The molecule has 30 heavy (non-hydrogen) atoms. The third-order valence-electron chi connectivity index (χ3n) is 4.33. The third kappa shape index (κ3) is 5.21. The van der Waals surface area contributed by atoms with Crippen LogP contribution in [0, 0.1) is 6.92 Å². The molecule has 154 valence electrons. The van der Waals surface area contributed by atoms with Crippen molar-refractivity contribution >= 4 is 50.6 Å². The van der Waals surface area contributed by atoms with E-state index in [9.17, 15) is 4.79 Å². The number of amides is 1. The zero-order valence-electron chi connectivity index (χ0n) is 16.2. The molecule has 0 saturated carbocycles. The lowest BCUT2D eigenvalue weighted by Gasteiger charge is -2.10. The smallest absolute Gasteiger partial charge is 0.234 e. The van der Waals surface area contributed by atoms with Gasteiger partial charge >= 0.3 is 0 Å². The summed E-state index contributed by atoms with van der Waals surface area (Å²) in [6, 6.07) is 13.7. The average Bonchev–Trinajstić information content (AvgIpc) is 3.47. The molecule has 0 aliphatic rings. The van der Waals surface area contributed by atoms with Crippen LogP contribution in [0.25, 0.3) is 0 Å². The predicted octanol–water partition coefficient (Wildman–Crippen LogP) is 5.37. The molecule has 4 rings (SSSR count). The van der Waals surface area contributed by atoms with E-state index < -0.39 is 0 Å². The van der Waals surface area contributed by atoms with Crippen molar-refractivity contribution in [2.75, 3.05) is 11.1 Å². The molecule has 0 saturated heterocycles. The number of benzene rings is 1. The van der Waals surface area contributed by atoms with Crippen molar-refractivity contribution in [3.63, 3.8) is 0 Å². The first-order chi connectivity index (χ1) is 14.6. The largest absolute Gasteiger partial charge is 0.467 e. The molecular weight excluding hydrogens is 484 g/mol. The van der Waals surface area contributed by atoms with E-state index in [-0.39, 0.29) is 11.7 Å². The summed E-state index contributed by atoms with van der Waals surface area (Å²) >= 11 is 6.54. The Kier molecular flexibility index (Phi) is 6.71. The maximum absolute atomic E-state index is 12.5. The Morgan fingerprint density at radius 1 is 1.27 bits per heavy atom. The Morgan fingerprint density at radius 2 is 2.17 bits per heavy atom. The number of carbonyl (C=O) groups excluding carboxylic acids is 1. The first-order valence-electron chi connectivity index (χ1n) is 9.24. The van der Waals surface area contributed by atoms with Crippen molar-refractivity contribution in [1.29, 1.82) is 0 Å².